The fourth-order valence-electron chi connectivity index (χ4n) is 3.22. The third kappa shape index (κ3) is 5.77. The van der Waals surface area contributed by atoms with Crippen molar-refractivity contribution in [1.29, 1.82) is 0 Å². The minimum absolute atomic E-state index is 0.0797. The van der Waals surface area contributed by atoms with E-state index in [0.717, 1.165) is 25.7 Å². The molecular weight excluding hydrogens is 338 g/mol. The molecule has 0 bridgehead atoms. The topological polar surface area (TPSA) is 103 Å². The lowest BCUT2D eigenvalue weighted by atomic mass is 10.1. The van der Waals surface area contributed by atoms with Crippen LogP contribution in [-0.2, 0) is 9.47 Å². The van der Waals surface area contributed by atoms with E-state index in [0.29, 0.717) is 37.9 Å². The van der Waals surface area contributed by atoms with E-state index in [2.05, 4.69) is 15.3 Å². The first kappa shape index (κ1) is 20.3. The first-order valence-corrected chi connectivity index (χ1v) is 9.16. The first-order chi connectivity index (χ1) is 12.7. The van der Waals surface area contributed by atoms with E-state index >= 15 is 0 Å². The molecule has 1 aromatic heterocycles. The number of ether oxygens (including phenoxy) is 2. The highest BCUT2D eigenvalue weighted by molar-refractivity contribution is 5.70. The van der Waals surface area contributed by atoms with Crippen LogP contribution < -0.4 is 10.2 Å². The van der Waals surface area contributed by atoms with Gasteiger partial charge < -0.3 is 19.7 Å². The Kier molecular flexibility index (Phi) is 8.49. The SMILES string of the molecule is COCCN(CCOC)c1ncnc(NC2CCCCCC2)c1[N+](=O)[O-]. The van der Waals surface area contributed by atoms with Crippen molar-refractivity contribution in [3.8, 4) is 0 Å². The van der Waals surface area contributed by atoms with Gasteiger partial charge in [0.15, 0.2) is 0 Å². The summed E-state index contributed by atoms with van der Waals surface area (Å²) in [5.74, 6) is 0.599. The monoisotopic (exact) mass is 367 g/mol. The Morgan fingerprint density at radius 3 is 2.31 bits per heavy atom. The summed E-state index contributed by atoms with van der Waals surface area (Å²) in [7, 11) is 3.20. The lowest BCUT2D eigenvalue weighted by Gasteiger charge is -2.24. The quantitative estimate of drug-likeness (QED) is 0.382. The Balaban J connectivity index is 2.27. The number of anilines is 2. The summed E-state index contributed by atoms with van der Waals surface area (Å²) >= 11 is 0. The van der Waals surface area contributed by atoms with Crippen LogP contribution in [-0.4, -0.2) is 61.5 Å². The maximum absolute atomic E-state index is 11.8. The Labute approximate surface area is 154 Å². The molecule has 1 fully saturated rings. The number of methoxy groups -OCH3 is 2. The normalized spacial score (nSPS) is 15.5. The minimum atomic E-state index is -0.402. The number of nitrogens with one attached hydrogen (secondary N) is 1. The summed E-state index contributed by atoms with van der Waals surface area (Å²) in [5.41, 5.74) is -0.0797. The average Bonchev–Trinajstić information content (AvgIpc) is 2.90. The largest absolute Gasteiger partial charge is 0.383 e. The molecule has 1 aliphatic carbocycles. The van der Waals surface area contributed by atoms with Crippen molar-refractivity contribution in [1.82, 2.24) is 9.97 Å². The molecule has 2 rings (SSSR count). The maximum atomic E-state index is 11.8. The van der Waals surface area contributed by atoms with Gasteiger partial charge in [-0.1, -0.05) is 25.7 Å². The highest BCUT2D eigenvalue weighted by atomic mass is 16.6. The van der Waals surface area contributed by atoms with Crippen LogP contribution in [0, 0.1) is 10.1 Å². The lowest BCUT2D eigenvalue weighted by Crippen LogP contribution is -2.32. The molecule has 0 radical (unpaired) electrons. The molecule has 146 valence electrons. The molecule has 1 aliphatic rings. The zero-order valence-electron chi connectivity index (χ0n) is 15.6. The van der Waals surface area contributed by atoms with Crippen LogP contribution in [0.3, 0.4) is 0 Å². The third-order valence-electron chi connectivity index (χ3n) is 4.61. The second-order valence-corrected chi connectivity index (χ2v) is 6.46. The molecule has 1 heterocycles. The van der Waals surface area contributed by atoms with Crippen molar-refractivity contribution in [3.05, 3.63) is 16.4 Å². The molecule has 26 heavy (non-hydrogen) atoms. The zero-order chi connectivity index (χ0) is 18.8. The van der Waals surface area contributed by atoms with Crippen LogP contribution in [0.5, 0.6) is 0 Å². The van der Waals surface area contributed by atoms with E-state index in [-0.39, 0.29) is 11.7 Å². The molecule has 1 aromatic rings. The molecule has 0 aliphatic heterocycles. The van der Waals surface area contributed by atoms with Crippen LogP contribution >= 0.6 is 0 Å². The van der Waals surface area contributed by atoms with Gasteiger partial charge in [-0.3, -0.25) is 10.1 Å². The summed E-state index contributed by atoms with van der Waals surface area (Å²) in [6, 6.07) is 0.213. The van der Waals surface area contributed by atoms with Crippen LogP contribution in [0.1, 0.15) is 38.5 Å². The van der Waals surface area contributed by atoms with Crippen molar-refractivity contribution in [2.75, 3.05) is 50.7 Å². The Hall–Kier alpha value is -2.00. The van der Waals surface area contributed by atoms with Gasteiger partial charge in [-0.25, -0.2) is 9.97 Å². The van der Waals surface area contributed by atoms with E-state index in [9.17, 15) is 10.1 Å². The summed E-state index contributed by atoms with van der Waals surface area (Å²) in [6.07, 6.45) is 8.11. The van der Waals surface area contributed by atoms with Crippen molar-refractivity contribution in [3.63, 3.8) is 0 Å². The van der Waals surface area contributed by atoms with E-state index < -0.39 is 4.92 Å². The van der Waals surface area contributed by atoms with Gasteiger partial charge >= 0.3 is 5.69 Å². The Morgan fingerprint density at radius 2 is 1.77 bits per heavy atom. The average molecular weight is 367 g/mol. The molecule has 1 N–H and O–H groups in total. The zero-order valence-corrected chi connectivity index (χ0v) is 15.6. The molecule has 9 nitrogen and oxygen atoms in total. The number of rotatable bonds is 10. The first-order valence-electron chi connectivity index (χ1n) is 9.16. The number of nitrogens with zero attached hydrogens (tertiary/aromatic N) is 4. The standard InChI is InChI=1S/C17H29N5O4/c1-25-11-9-21(10-12-26-2)17-15(22(23)24)16(18-13-19-17)20-14-7-5-3-4-6-8-14/h13-14H,3-12H2,1-2H3,(H,18,19,20). The summed E-state index contributed by atoms with van der Waals surface area (Å²) in [5, 5.41) is 15.1. The van der Waals surface area contributed by atoms with Gasteiger partial charge in [0.05, 0.1) is 18.1 Å². The van der Waals surface area contributed by atoms with Crippen LogP contribution in [0.2, 0.25) is 0 Å². The Bertz CT molecular complexity index is 556. The fraction of sp³-hybridized carbons (Fsp3) is 0.765. The van der Waals surface area contributed by atoms with Crippen molar-refractivity contribution in [2.45, 2.75) is 44.6 Å². The number of hydrogen-bond acceptors (Lipinski definition) is 8. The molecule has 0 spiro atoms. The number of aromatic nitrogens is 2. The molecule has 0 amide bonds. The van der Waals surface area contributed by atoms with Gasteiger partial charge in [0, 0.05) is 33.4 Å². The summed E-state index contributed by atoms with van der Waals surface area (Å²) in [4.78, 5) is 21.6. The fourth-order valence-corrected chi connectivity index (χ4v) is 3.22. The number of nitro groups is 1. The van der Waals surface area contributed by atoms with Crippen molar-refractivity contribution in [2.24, 2.45) is 0 Å². The molecule has 0 unspecified atom stereocenters. The van der Waals surface area contributed by atoms with Crippen molar-refractivity contribution < 1.29 is 14.4 Å². The molecule has 1 saturated carbocycles. The molecule has 9 heteroatoms. The predicted molar refractivity (Wildman–Crippen MR) is 99.8 cm³/mol. The minimum Gasteiger partial charge on any atom is -0.383 e. The van der Waals surface area contributed by atoms with Gasteiger partial charge in [0.25, 0.3) is 0 Å². The molecule has 0 aromatic carbocycles. The van der Waals surface area contributed by atoms with Crippen LogP contribution in [0.15, 0.2) is 6.33 Å². The molecular formula is C17H29N5O4. The van der Waals surface area contributed by atoms with Gasteiger partial charge in [-0.05, 0) is 12.8 Å². The molecule has 0 atom stereocenters. The lowest BCUT2D eigenvalue weighted by molar-refractivity contribution is -0.383. The van der Waals surface area contributed by atoms with Crippen molar-refractivity contribution >= 4 is 17.3 Å². The van der Waals surface area contributed by atoms with E-state index in [1.54, 1.807) is 14.2 Å². The second kappa shape index (κ2) is 10.9. The van der Waals surface area contributed by atoms with Gasteiger partial charge in [0.2, 0.25) is 11.6 Å². The van der Waals surface area contributed by atoms with E-state index in [4.69, 9.17) is 9.47 Å². The summed E-state index contributed by atoms with van der Waals surface area (Å²) < 4.78 is 10.3. The second-order valence-electron chi connectivity index (χ2n) is 6.46. The van der Waals surface area contributed by atoms with Gasteiger partial charge in [-0.15, -0.1) is 0 Å². The highest BCUT2D eigenvalue weighted by Crippen LogP contribution is 2.33. The van der Waals surface area contributed by atoms with Gasteiger partial charge in [-0.2, -0.15) is 0 Å². The van der Waals surface area contributed by atoms with E-state index in [1.165, 1.54) is 19.2 Å². The number of hydrogen-bond donors (Lipinski definition) is 1. The van der Waals surface area contributed by atoms with Crippen LogP contribution in [0.25, 0.3) is 0 Å². The van der Waals surface area contributed by atoms with E-state index in [1.807, 2.05) is 4.90 Å². The molecule has 0 saturated heterocycles. The highest BCUT2D eigenvalue weighted by Gasteiger charge is 2.28. The third-order valence-corrected chi connectivity index (χ3v) is 4.61. The smallest absolute Gasteiger partial charge is 0.353 e. The van der Waals surface area contributed by atoms with Gasteiger partial charge in [0.1, 0.15) is 6.33 Å². The Morgan fingerprint density at radius 1 is 1.15 bits per heavy atom. The maximum Gasteiger partial charge on any atom is 0.353 e. The predicted octanol–water partition coefficient (Wildman–Crippen LogP) is 2.62. The summed E-state index contributed by atoms with van der Waals surface area (Å²) in [6.45, 7) is 1.85. The van der Waals surface area contributed by atoms with Crippen LogP contribution in [0.4, 0.5) is 17.3 Å².